The molecule has 126 valence electrons. The molecule has 0 aliphatic carbocycles. The zero-order valence-electron chi connectivity index (χ0n) is 13.5. The van der Waals surface area contributed by atoms with Gasteiger partial charge in [-0.15, -0.1) is 0 Å². The first-order valence-electron chi connectivity index (χ1n) is 7.57. The highest BCUT2D eigenvalue weighted by Crippen LogP contribution is 2.08. The van der Waals surface area contributed by atoms with Crippen LogP contribution in [-0.2, 0) is 11.3 Å². The Morgan fingerprint density at radius 2 is 2.00 bits per heavy atom. The second-order valence-corrected chi connectivity index (χ2v) is 5.29. The van der Waals surface area contributed by atoms with E-state index in [2.05, 4.69) is 20.6 Å². The summed E-state index contributed by atoms with van der Waals surface area (Å²) < 4.78 is 2.96. The maximum atomic E-state index is 11.9. The first-order chi connectivity index (χ1) is 12.1. The quantitative estimate of drug-likeness (QED) is 0.555. The van der Waals surface area contributed by atoms with Crippen LogP contribution in [0.5, 0.6) is 0 Å². The third-order valence-corrected chi connectivity index (χ3v) is 3.53. The number of nitrogens with zero attached hydrogens (tertiary/aromatic N) is 5. The number of pyridine rings is 1. The number of nitrogens with one attached hydrogen (secondary N) is 1. The highest BCUT2D eigenvalue weighted by Gasteiger charge is 2.04. The fourth-order valence-corrected chi connectivity index (χ4v) is 2.19. The molecule has 1 amide bonds. The van der Waals surface area contributed by atoms with Crippen molar-refractivity contribution in [3.8, 4) is 5.69 Å². The number of hydrazone groups is 1. The largest absolute Gasteiger partial charge is 0.306 e. The molecule has 3 aromatic rings. The van der Waals surface area contributed by atoms with Gasteiger partial charge in [-0.2, -0.15) is 10.2 Å². The van der Waals surface area contributed by atoms with Crippen LogP contribution in [0.25, 0.3) is 5.69 Å². The van der Waals surface area contributed by atoms with Crippen LogP contribution >= 0.6 is 0 Å². The van der Waals surface area contributed by atoms with Gasteiger partial charge in [0.15, 0.2) is 0 Å². The minimum absolute atomic E-state index is 0.0817. The van der Waals surface area contributed by atoms with Crippen molar-refractivity contribution in [2.75, 3.05) is 0 Å². The summed E-state index contributed by atoms with van der Waals surface area (Å²) in [5.74, 6) is -0.369. The maximum Gasteiger partial charge on any atom is 0.260 e. The van der Waals surface area contributed by atoms with Crippen molar-refractivity contribution in [3.63, 3.8) is 0 Å². The summed E-state index contributed by atoms with van der Waals surface area (Å²) >= 11 is 0. The van der Waals surface area contributed by atoms with Gasteiger partial charge < -0.3 is 4.57 Å². The molecule has 1 N–H and O–H groups in total. The van der Waals surface area contributed by atoms with Gasteiger partial charge in [-0.25, -0.2) is 15.1 Å². The van der Waals surface area contributed by atoms with Gasteiger partial charge in [0.25, 0.3) is 11.5 Å². The van der Waals surface area contributed by atoms with E-state index in [9.17, 15) is 9.59 Å². The highest BCUT2D eigenvalue weighted by atomic mass is 16.2. The van der Waals surface area contributed by atoms with Crippen LogP contribution in [0.4, 0.5) is 0 Å². The lowest BCUT2D eigenvalue weighted by molar-refractivity contribution is -0.121. The number of carbonyl (C=O) groups excluding carboxylic acids is 1. The number of amides is 1. The van der Waals surface area contributed by atoms with Crippen molar-refractivity contribution >= 4 is 11.6 Å². The summed E-state index contributed by atoms with van der Waals surface area (Å²) in [7, 11) is 0. The number of carbonyl (C=O) groups is 1. The molecule has 0 spiro atoms. The molecule has 1 aromatic carbocycles. The lowest BCUT2D eigenvalue weighted by Gasteiger charge is -2.06. The van der Waals surface area contributed by atoms with Crippen LogP contribution in [0.2, 0.25) is 0 Å². The average Bonchev–Trinajstić information content (AvgIpc) is 3.16. The molecule has 3 rings (SSSR count). The molecule has 2 heterocycles. The van der Waals surface area contributed by atoms with E-state index in [1.54, 1.807) is 36.3 Å². The molecule has 0 saturated carbocycles. The molecule has 0 fully saturated rings. The summed E-state index contributed by atoms with van der Waals surface area (Å²) in [4.78, 5) is 27.4. The molecular formula is C17H16N6O2. The van der Waals surface area contributed by atoms with Crippen LogP contribution in [0.1, 0.15) is 12.5 Å². The molecule has 0 atom stereocenters. The Morgan fingerprint density at radius 3 is 2.68 bits per heavy atom. The van der Waals surface area contributed by atoms with E-state index in [0.29, 0.717) is 5.71 Å². The SMILES string of the molecule is C/C(=N/NC(=O)Cn1ccccc1=O)c1ccc(-n2cncn2)cc1. The number of hydrogen-bond donors (Lipinski definition) is 1. The maximum absolute atomic E-state index is 11.9. The van der Waals surface area contributed by atoms with Gasteiger partial charge in [0.2, 0.25) is 0 Å². The van der Waals surface area contributed by atoms with Gasteiger partial charge in [-0.1, -0.05) is 18.2 Å². The summed E-state index contributed by atoms with van der Waals surface area (Å²) in [5, 5.41) is 8.14. The van der Waals surface area contributed by atoms with Crippen molar-refractivity contribution in [2.45, 2.75) is 13.5 Å². The van der Waals surface area contributed by atoms with Crippen molar-refractivity contribution < 1.29 is 4.79 Å². The van der Waals surface area contributed by atoms with Gasteiger partial charge in [0.1, 0.15) is 19.2 Å². The average molecular weight is 336 g/mol. The van der Waals surface area contributed by atoms with Gasteiger partial charge in [0.05, 0.1) is 11.4 Å². The highest BCUT2D eigenvalue weighted by molar-refractivity contribution is 5.99. The Bertz CT molecular complexity index is 942. The molecule has 0 bridgehead atoms. The number of rotatable bonds is 5. The van der Waals surface area contributed by atoms with E-state index in [1.165, 1.54) is 17.0 Å². The van der Waals surface area contributed by atoms with Crippen LogP contribution in [-0.4, -0.2) is 31.0 Å². The Hall–Kier alpha value is -3.55. The van der Waals surface area contributed by atoms with E-state index >= 15 is 0 Å². The Labute approximate surface area is 143 Å². The predicted molar refractivity (Wildman–Crippen MR) is 92.4 cm³/mol. The molecule has 0 aliphatic heterocycles. The second kappa shape index (κ2) is 7.35. The van der Waals surface area contributed by atoms with Gasteiger partial charge >= 0.3 is 0 Å². The summed E-state index contributed by atoms with van der Waals surface area (Å²) in [6.45, 7) is 1.71. The topological polar surface area (TPSA) is 94.2 Å². The van der Waals surface area contributed by atoms with Crippen molar-refractivity contribution in [3.05, 3.63) is 77.2 Å². The van der Waals surface area contributed by atoms with Gasteiger partial charge in [-0.05, 0) is 30.7 Å². The smallest absolute Gasteiger partial charge is 0.260 e. The first kappa shape index (κ1) is 16.3. The van der Waals surface area contributed by atoms with E-state index in [0.717, 1.165) is 11.3 Å². The van der Waals surface area contributed by atoms with Crippen molar-refractivity contribution in [2.24, 2.45) is 5.10 Å². The lowest BCUT2D eigenvalue weighted by Crippen LogP contribution is -2.29. The third-order valence-electron chi connectivity index (χ3n) is 3.53. The van der Waals surface area contributed by atoms with Gasteiger partial charge in [0, 0.05) is 12.3 Å². The third kappa shape index (κ3) is 4.05. The molecule has 25 heavy (non-hydrogen) atoms. The van der Waals surface area contributed by atoms with Crippen molar-refractivity contribution in [1.29, 1.82) is 0 Å². The number of benzene rings is 1. The first-order valence-corrected chi connectivity index (χ1v) is 7.57. The van der Waals surface area contributed by atoms with E-state index < -0.39 is 0 Å². The molecule has 0 aliphatic rings. The molecule has 0 radical (unpaired) electrons. The van der Waals surface area contributed by atoms with Crippen molar-refractivity contribution in [1.82, 2.24) is 24.8 Å². The van der Waals surface area contributed by atoms with Gasteiger partial charge in [-0.3, -0.25) is 9.59 Å². The second-order valence-electron chi connectivity index (χ2n) is 5.29. The van der Waals surface area contributed by atoms with Crippen LogP contribution in [0, 0.1) is 0 Å². The fourth-order valence-electron chi connectivity index (χ4n) is 2.19. The molecule has 2 aromatic heterocycles. The molecule has 0 saturated heterocycles. The Morgan fingerprint density at radius 1 is 1.20 bits per heavy atom. The molecule has 8 heteroatoms. The van der Waals surface area contributed by atoms with E-state index in [1.807, 2.05) is 24.3 Å². The number of hydrogen-bond acceptors (Lipinski definition) is 5. The Balaban J connectivity index is 1.64. The zero-order valence-corrected chi connectivity index (χ0v) is 13.5. The fraction of sp³-hybridized carbons (Fsp3) is 0.118. The molecule has 0 unspecified atom stereocenters. The summed E-state index contributed by atoms with van der Waals surface area (Å²) in [6, 6.07) is 12.2. The minimum Gasteiger partial charge on any atom is -0.306 e. The molecular weight excluding hydrogens is 320 g/mol. The summed E-state index contributed by atoms with van der Waals surface area (Å²) in [5.41, 5.74) is 4.62. The molecule has 8 nitrogen and oxygen atoms in total. The normalized spacial score (nSPS) is 11.3. The van der Waals surface area contributed by atoms with Crippen LogP contribution in [0.3, 0.4) is 0 Å². The van der Waals surface area contributed by atoms with Crippen LogP contribution < -0.4 is 11.0 Å². The lowest BCUT2D eigenvalue weighted by atomic mass is 10.1. The number of aromatic nitrogens is 4. The standard InChI is InChI=1S/C17H16N6O2/c1-13(14-5-7-15(8-6-14)23-12-18-11-19-23)20-21-16(24)10-22-9-3-2-4-17(22)25/h2-9,11-12H,10H2,1H3,(H,21,24)/b20-13-. The van der Waals surface area contributed by atoms with E-state index in [4.69, 9.17) is 0 Å². The predicted octanol–water partition coefficient (Wildman–Crippen LogP) is 0.969. The Kier molecular flexibility index (Phi) is 4.79. The minimum atomic E-state index is -0.369. The summed E-state index contributed by atoms with van der Waals surface area (Å²) in [6.07, 6.45) is 4.64. The zero-order chi connectivity index (χ0) is 17.6. The monoisotopic (exact) mass is 336 g/mol. The van der Waals surface area contributed by atoms with Crippen LogP contribution in [0.15, 0.2) is 71.2 Å². The van der Waals surface area contributed by atoms with E-state index in [-0.39, 0.29) is 18.0 Å².